The van der Waals surface area contributed by atoms with Gasteiger partial charge in [0.1, 0.15) is 0 Å². The van der Waals surface area contributed by atoms with Crippen LogP contribution in [-0.2, 0) is 17.8 Å². The summed E-state index contributed by atoms with van der Waals surface area (Å²) >= 11 is 1.69. The van der Waals surface area contributed by atoms with Gasteiger partial charge in [-0.15, -0.1) is 11.3 Å². The summed E-state index contributed by atoms with van der Waals surface area (Å²) in [5, 5.41) is 9.29. The van der Waals surface area contributed by atoms with E-state index in [1.165, 1.54) is 43.6 Å². The molecule has 0 unspecified atom stereocenters. The van der Waals surface area contributed by atoms with Crippen LogP contribution in [0.3, 0.4) is 0 Å². The minimum absolute atomic E-state index is 0.856. The summed E-state index contributed by atoms with van der Waals surface area (Å²) in [7, 11) is 0. The molecule has 4 nitrogen and oxygen atoms in total. The maximum absolute atomic E-state index is 10.6. The van der Waals surface area contributed by atoms with Gasteiger partial charge in [-0.3, -0.25) is 4.90 Å². The standard InChI is InChI=1S/C16H20N2S.C2HF3O2/c1-2-4-14(5-3-1)10-15-6-8-18(9-7-15)11-16-12-19-13-17-16;3-2(4,5)1(6)7/h1-5,12-13,15H,6-11H2;(H,6,7). The smallest absolute Gasteiger partial charge is 0.475 e. The second-order valence-corrected chi connectivity index (χ2v) is 6.91. The highest BCUT2D eigenvalue weighted by molar-refractivity contribution is 7.07. The van der Waals surface area contributed by atoms with Gasteiger partial charge in [0.2, 0.25) is 0 Å². The van der Waals surface area contributed by atoms with Crippen molar-refractivity contribution in [2.24, 2.45) is 5.92 Å². The highest BCUT2D eigenvalue weighted by Crippen LogP contribution is 2.22. The van der Waals surface area contributed by atoms with Gasteiger partial charge in [-0.25, -0.2) is 9.78 Å². The van der Waals surface area contributed by atoms with Crippen molar-refractivity contribution in [3.05, 3.63) is 52.5 Å². The number of nitrogens with zero attached hydrogens (tertiary/aromatic N) is 2. The molecule has 1 aliphatic rings. The molecule has 0 bridgehead atoms. The fourth-order valence-corrected chi connectivity index (χ4v) is 3.39. The Kier molecular flexibility index (Phi) is 7.59. The molecule has 1 saturated heterocycles. The molecule has 1 aromatic heterocycles. The Morgan fingerprint density at radius 2 is 1.85 bits per heavy atom. The predicted molar refractivity (Wildman–Crippen MR) is 94.0 cm³/mol. The van der Waals surface area contributed by atoms with E-state index >= 15 is 0 Å². The number of carboxylic acid groups (broad SMARTS) is 1. The Morgan fingerprint density at radius 1 is 1.23 bits per heavy atom. The second-order valence-electron chi connectivity index (χ2n) is 6.19. The zero-order chi connectivity index (χ0) is 19.0. The number of piperidine rings is 1. The average Bonchev–Trinajstić information content (AvgIpc) is 3.10. The molecule has 1 aliphatic heterocycles. The maximum Gasteiger partial charge on any atom is 0.490 e. The number of likely N-dealkylation sites (tertiary alicyclic amines) is 1. The number of benzene rings is 1. The van der Waals surface area contributed by atoms with E-state index in [-0.39, 0.29) is 0 Å². The summed E-state index contributed by atoms with van der Waals surface area (Å²) < 4.78 is 31.7. The molecule has 26 heavy (non-hydrogen) atoms. The third-order valence-corrected chi connectivity index (χ3v) is 4.82. The topological polar surface area (TPSA) is 53.4 Å². The number of carbonyl (C=O) groups is 1. The van der Waals surface area contributed by atoms with E-state index in [9.17, 15) is 13.2 Å². The predicted octanol–water partition coefficient (Wildman–Crippen LogP) is 4.23. The van der Waals surface area contributed by atoms with Crippen LogP contribution in [0.2, 0.25) is 0 Å². The zero-order valence-electron chi connectivity index (χ0n) is 14.2. The number of hydrogen-bond donors (Lipinski definition) is 1. The van der Waals surface area contributed by atoms with Gasteiger partial charge in [-0.2, -0.15) is 13.2 Å². The van der Waals surface area contributed by atoms with E-state index < -0.39 is 12.1 Å². The quantitative estimate of drug-likeness (QED) is 0.854. The highest BCUT2D eigenvalue weighted by Gasteiger charge is 2.38. The molecule has 2 aromatic rings. The van der Waals surface area contributed by atoms with Crippen LogP contribution in [0.25, 0.3) is 0 Å². The lowest BCUT2D eigenvalue weighted by Crippen LogP contribution is -2.33. The summed E-state index contributed by atoms with van der Waals surface area (Å²) in [4.78, 5) is 15.8. The van der Waals surface area contributed by atoms with Crippen molar-refractivity contribution in [3.63, 3.8) is 0 Å². The van der Waals surface area contributed by atoms with Crippen LogP contribution in [0.1, 0.15) is 24.1 Å². The zero-order valence-corrected chi connectivity index (χ0v) is 15.0. The van der Waals surface area contributed by atoms with Crippen molar-refractivity contribution < 1.29 is 23.1 Å². The van der Waals surface area contributed by atoms with E-state index in [0.717, 1.165) is 12.5 Å². The first-order valence-corrected chi connectivity index (χ1v) is 9.22. The summed E-state index contributed by atoms with van der Waals surface area (Å²) in [5.41, 5.74) is 4.64. The molecule has 0 radical (unpaired) electrons. The Bertz CT molecular complexity index is 655. The van der Waals surface area contributed by atoms with Crippen molar-refractivity contribution in [1.82, 2.24) is 9.88 Å². The minimum atomic E-state index is -5.08. The molecule has 1 aromatic carbocycles. The van der Waals surface area contributed by atoms with Gasteiger partial charge in [0.15, 0.2) is 0 Å². The van der Waals surface area contributed by atoms with Crippen molar-refractivity contribution in [3.8, 4) is 0 Å². The Hall–Kier alpha value is -1.93. The van der Waals surface area contributed by atoms with Crippen LogP contribution >= 0.6 is 11.3 Å². The van der Waals surface area contributed by atoms with Gasteiger partial charge in [-0.05, 0) is 43.8 Å². The molecule has 2 heterocycles. The number of alkyl halides is 3. The third kappa shape index (κ3) is 7.13. The van der Waals surface area contributed by atoms with Crippen LogP contribution < -0.4 is 0 Å². The molecule has 3 rings (SSSR count). The van der Waals surface area contributed by atoms with Crippen molar-refractivity contribution in [1.29, 1.82) is 0 Å². The van der Waals surface area contributed by atoms with E-state index in [1.807, 2.05) is 5.51 Å². The van der Waals surface area contributed by atoms with Gasteiger partial charge in [0.05, 0.1) is 11.2 Å². The molecular formula is C18H21F3N2O2S. The van der Waals surface area contributed by atoms with Gasteiger partial charge in [0, 0.05) is 11.9 Å². The highest BCUT2D eigenvalue weighted by atomic mass is 32.1. The van der Waals surface area contributed by atoms with Crippen LogP contribution in [-0.4, -0.2) is 40.2 Å². The molecule has 0 aliphatic carbocycles. The van der Waals surface area contributed by atoms with Gasteiger partial charge in [0.25, 0.3) is 0 Å². The average molecular weight is 386 g/mol. The SMILES string of the molecule is O=C(O)C(F)(F)F.c1ccc(CC2CCN(Cc3cscn3)CC2)cc1. The van der Waals surface area contributed by atoms with Crippen LogP contribution in [0.15, 0.2) is 41.2 Å². The molecule has 0 amide bonds. The second kappa shape index (κ2) is 9.68. The van der Waals surface area contributed by atoms with Gasteiger partial charge in [-0.1, -0.05) is 30.3 Å². The molecule has 0 atom stereocenters. The van der Waals surface area contributed by atoms with Crippen LogP contribution in [0.4, 0.5) is 13.2 Å². The fourth-order valence-electron chi connectivity index (χ4n) is 2.84. The lowest BCUT2D eigenvalue weighted by molar-refractivity contribution is -0.192. The lowest BCUT2D eigenvalue weighted by Gasteiger charge is -2.31. The van der Waals surface area contributed by atoms with Crippen molar-refractivity contribution >= 4 is 17.3 Å². The number of hydrogen-bond acceptors (Lipinski definition) is 4. The number of aliphatic carboxylic acids is 1. The van der Waals surface area contributed by atoms with Gasteiger partial charge >= 0.3 is 12.1 Å². The van der Waals surface area contributed by atoms with E-state index in [1.54, 1.807) is 11.3 Å². The summed E-state index contributed by atoms with van der Waals surface area (Å²) in [5.74, 6) is -1.90. The first-order valence-electron chi connectivity index (χ1n) is 8.28. The maximum atomic E-state index is 10.6. The Morgan fingerprint density at radius 3 is 2.35 bits per heavy atom. The molecular weight excluding hydrogens is 365 g/mol. The molecule has 142 valence electrons. The van der Waals surface area contributed by atoms with Crippen molar-refractivity contribution in [2.45, 2.75) is 32.0 Å². The Balaban J connectivity index is 0.000000298. The summed E-state index contributed by atoms with van der Waals surface area (Å²) in [6, 6.07) is 10.9. The lowest BCUT2D eigenvalue weighted by atomic mass is 9.90. The molecule has 8 heteroatoms. The number of rotatable bonds is 4. The van der Waals surface area contributed by atoms with Crippen LogP contribution in [0.5, 0.6) is 0 Å². The number of thiazole rings is 1. The number of halogens is 3. The monoisotopic (exact) mass is 386 g/mol. The first-order chi connectivity index (χ1) is 12.3. The number of aromatic nitrogens is 1. The Labute approximate surface area is 154 Å². The first kappa shape index (κ1) is 20.4. The number of carboxylic acids is 1. The van der Waals surface area contributed by atoms with Crippen molar-refractivity contribution in [2.75, 3.05) is 13.1 Å². The fraction of sp³-hybridized carbons (Fsp3) is 0.444. The van der Waals surface area contributed by atoms with Gasteiger partial charge < -0.3 is 5.11 Å². The third-order valence-electron chi connectivity index (χ3n) is 4.19. The molecule has 1 fully saturated rings. The summed E-state index contributed by atoms with van der Waals surface area (Å²) in [6.45, 7) is 3.46. The van der Waals surface area contributed by atoms with Crippen LogP contribution in [0, 0.1) is 5.92 Å². The molecule has 0 spiro atoms. The minimum Gasteiger partial charge on any atom is -0.475 e. The largest absolute Gasteiger partial charge is 0.490 e. The van der Waals surface area contributed by atoms with E-state index in [0.29, 0.717) is 0 Å². The van der Waals surface area contributed by atoms with E-state index in [4.69, 9.17) is 9.90 Å². The summed E-state index contributed by atoms with van der Waals surface area (Å²) in [6.07, 6.45) is -1.20. The molecule has 0 saturated carbocycles. The normalized spacial score (nSPS) is 16.0. The van der Waals surface area contributed by atoms with E-state index in [2.05, 4.69) is 45.6 Å². The molecule has 1 N–H and O–H groups in total.